The standard InChI is InChI=1S/C8H15NO7/c10-2-3-5(13)6(14)7(15)8(16-3)9-1-4(11)12/h3,5-10,13-15H,1-2H2,(H,11,12)/t3-,5+,6+,7-,8?/m1/s1. The maximum absolute atomic E-state index is 10.3. The van der Waals surface area contributed by atoms with Gasteiger partial charge in [0, 0.05) is 0 Å². The molecule has 94 valence electrons. The Labute approximate surface area is 91.1 Å². The summed E-state index contributed by atoms with van der Waals surface area (Å²) in [6.07, 6.45) is -6.59. The number of hydrogen-bond donors (Lipinski definition) is 6. The molecule has 0 bridgehead atoms. The topological polar surface area (TPSA) is 139 Å². The number of aliphatic hydroxyl groups is 4. The minimum Gasteiger partial charge on any atom is -0.480 e. The summed E-state index contributed by atoms with van der Waals surface area (Å²) >= 11 is 0. The third-order valence-corrected chi connectivity index (χ3v) is 2.35. The number of aliphatic hydroxyl groups excluding tert-OH is 4. The molecule has 0 amide bonds. The lowest BCUT2D eigenvalue weighted by Gasteiger charge is -2.40. The molecular weight excluding hydrogens is 222 g/mol. The number of nitrogens with one attached hydrogen (secondary N) is 1. The third-order valence-electron chi connectivity index (χ3n) is 2.35. The minimum atomic E-state index is -1.50. The van der Waals surface area contributed by atoms with Crippen LogP contribution in [0.15, 0.2) is 0 Å². The summed E-state index contributed by atoms with van der Waals surface area (Å²) in [6, 6.07) is 0. The van der Waals surface area contributed by atoms with Crippen molar-refractivity contribution in [2.75, 3.05) is 13.2 Å². The van der Waals surface area contributed by atoms with Crippen molar-refractivity contribution < 1.29 is 35.1 Å². The molecule has 0 aliphatic carbocycles. The van der Waals surface area contributed by atoms with Gasteiger partial charge >= 0.3 is 5.97 Å². The van der Waals surface area contributed by atoms with Crippen molar-refractivity contribution in [2.24, 2.45) is 0 Å². The highest BCUT2D eigenvalue weighted by Crippen LogP contribution is 2.19. The number of carboxylic acids is 1. The zero-order valence-corrected chi connectivity index (χ0v) is 8.35. The first-order valence-electron chi connectivity index (χ1n) is 4.73. The average Bonchev–Trinajstić information content (AvgIpc) is 2.25. The second-order valence-corrected chi connectivity index (χ2v) is 3.52. The van der Waals surface area contributed by atoms with Crippen molar-refractivity contribution in [1.29, 1.82) is 0 Å². The lowest BCUT2D eigenvalue weighted by atomic mass is 9.98. The van der Waals surface area contributed by atoms with Gasteiger partial charge in [0.1, 0.15) is 30.6 Å². The molecule has 5 atom stereocenters. The molecule has 1 heterocycles. The van der Waals surface area contributed by atoms with Crippen molar-refractivity contribution in [3.05, 3.63) is 0 Å². The molecule has 0 aromatic carbocycles. The highest BCUT2D eigenvalue weighted by atomic mass is 16.6. The summed E-state index contributed by atoms with van der Waals surface area (Å²) in [5.74, 6) is -1.16. The quantitative estimate of drug-likeness (QED) is 0.295. The number of carbonyl (C=O) groups is 1. The van der Waals surface area contributed by atoms with E-state index in [0.29, 0.717) is 0 Å². The van der Waals surface area contributed by atoms with Gasteiger partial charge < -0.3 is 30.3 Å². The van der Waals surface area contributed by atoms with E-state index in [2.05, 4.69) is 5.32 Å². The van der Waals surface area contributed by atoms with Crippen LogP contribution < -0.4 is 5.32 Å². The predicted molar refractivity (Wildman–Crippen MR) is 49.4 cm³/mol. The Kier molecular flexibility index (Phi) is 4.59. The van der Waals surface area contributed by atoms with Crippen molar-refractivity contribution in [2.45, 2.75) is 30.6 Å². The van der Waals surface area contributed by atoms with Crippen LogP contribution >= 0.6 is 0 Å². The zero-order chi connectivity index (χ0) is 12.3. The SMILES string of the molecule is O=C(O)CNC1O[C@H](CO)[C@H](O)[C@H](O)[C@H]1O. The van der Waals surface area contributed by atoms with Crippen LogP contribution in [0.25, 0.3) is 0 Å². The third kappa shape index (κ3) is 2.88. The highest BCUT2D eigenvalue weighted by molar-refractivity contribution is 5.69. The van der Waals surface area contributed by atoms with Gasteiger partial charge in [-0.3, -0.25) is 10.1 Å². The number of ether oxygens (including phenoxy) is 1. The first-order chi connectivity index (χ1) is 7.47. The Hall–Kier alpha value is -0.770. The molecule has 1 fully saturated rings. The molecule has 6 N–H and O–H groups in total. The van der Waals surface area contributed by atoms with Crippen molar-refractivity contribution >= 4 is 5.97 Å². The number of rotatable bonds is 4. The monoisotopic (exact) mass is 237 g/mol. The number of aliphatic carboxylic acids is 1. The van der Waals surface area contributed by atoms with Gasteiger partial charge in [-0.2, -0.15) is 0 Å². The van der Waals surface area contributed by atoms with Gasteiger partial charge in [0.2, 0.25) is 0 Å². The second kappa shape index (κ2) is 5.53. The lowest BCUT2D eigenvalue weighted by molar-refractivity contribution is -0.236. The molecule has 1 saturated heterocycles. The van der Waals surface area contributed by atoms with E-state index in [0.717, 1.165) is 0 Å². The van der Waals surface area contributed by atoms with Crippen molar-refractivity contribution in [3.8, 4) is 0 Å². The maximum Gasteiger partial charge on any atom is 0.317 e. The van der Waals surface area contributed by atoms with Crippen LogP contribution in [0.3, 0.4) is 0 Å². The molecule has 1 aliphatic rings. The van der Waals surface area contributed by atoms with Crippen LogP contribution in [0.5, 0.6) is 0 Å². The van der Waals surface area contributed by atoms with E-state index in [4.69, 9.17) is 14.9 Å². The van der Waals surface area contributed by atoms with Gasteiger partial charge in [-0.05, 0) is 0 Å². The summed E-state index contributed by atoms with van der Waals surface area (Å²) in [5.41, 5.74) is 0. The molecule has 0 spiro atoms. The summed E-state index contributed by atoms with van der Waals surface area (Å²) in [6.45, 7) is -1.01. The number of carboxylic acid groups (broad SMARTS) is 1. The van der Waals surface area contributed by atoms with Gasteiger partial charge in [0.05, 0.1) is 13.2 Å². The Morgan fingerprint density at radius 1 is 1.19 bits per heavy atom. The molecule has 8 heteroatoms. The Morgan fingerprint density at radius 2 is 1.81 bits per heavy atom. The first-order valence-corrected chi connectivity index (χ1v) is 4.73. The van der Waals surface area contributed by atoms with Gasteiger partial charge in [-0.25, -0.2) is 0 Å². The number of hydrogen-bond acceptors (Lipinski definition) is 7. The maximum atomic E-state index is 10.3. The van der Waals surface area contributed by atoms with Gasteiger partial charge in [0.25, 0.3) is 0 Å². The summed E-state index contributed by atoms with van der Waals surface area (Å²) in [5, 5.41) is 47.8. The molecule has 1 rings (SSSR count). The fraction of sp³-hybridized carbons (Fsp3) is 0.875. The largest absolute Gasteiger partial charge is 0.480 e. The highest BCUT2D eigenvalue weighted by Gasteiger charge is 2.43. The van der Waals surface area contributed by atoms with Crippen LogP contribution in [0.2, 0.25) is 0 Å². The fourth-order valence-electron chi connectivity index (χ4n) is 1.46. The van der Waals surface area contributed by atoms with Crippen LogP contribution in [0.1, 0.15) is 0 Å². The Bertz CT molecular complexity index is 247. The van der Waals surface area contributed by atoms with Crippen LogP contribution in [-0.2, 0) is 9.53 Å². The zero-order valence-electron chi connectivity index (χ0n) is 8.35. The van der Waals surface area contributed by atoms with Crippen LogP contribution in [0, 0.1) is 0 Å². The van der Waals surface area contributed by atoms with E-state index < -0.39 is 49.8 Å². The molecular formula is C8H15NO7. The predicted octanol–water partition coefficient (Wildman–Crippen LogP) is -3.54. The molecule has 16 heavy (non-hydrogen) atoms. The van der Waals surface area contributed by atoms with Crippen LogP contribution in [-0.4, -0.2) is 75.3 Å². The van der Waals surface area contributed by atoms with E-state index in [1.54, 1.807) is 0 Å². The Balaban J connectivity index is 2.60. The summed E-state index contributed by atoms with van der Waals surface area (Å²) < 4.78 is 5.00. The van der Waals surface area contributed by atoms with Gasteiger partial charge in [-0.1, -0.05) is 0 Å². The molecule has 1 aliphatic heterocycles. The molecule has 0 saturated carbocycles. The Morgan fingerprint density at radius 3 is 2.31 bits per heavy atom. The summed E-state index contributed by atoms with van der Waals surface area (Å²) in [4.78, 5) is 10.3. The average molecular weight is 237 g/mol. The molecule has 1 unspecified atom stereocenters. The molecule has 0 aromatic rings. The lowest BCUT2D eigenvalue weighted by Crippen LogP contribution is -2.62. The fourth-order valence-corrected chi connectivity index (χ4v) is 1.46. The van der Waals surface area contributed by atoms with E-state index in [-0.39, 0.29) is 0 Å². The molecule has 0 aromatic heterocycles. The van der Waals surface area contributed by atoms with Gasteiger partial charge in [0.15, 0.2) is 0 Å². The van der Waals surface area contributed by atoms with Gasteiger partial charge in [-0.15, -0.1) is 0 Å². The van der Waals surface area contributed by atoms with Crippen molar-refractivity contribution in [3.63, 3.8) is 0 Å². The second-order valence-electron chi connectivity index (χ2n) is 3.52. The van der Waals surface area contributed by atoms with E-state index in [1.165, 1.54) is 0 Å². The normalized spacial score (nSPS) is 39.6. The van der Waals surface area contributed by atoms with E-state index >= 15 is 0 Å². The molecule has 8 nitrogen and oxygen atoms in total. The first kappa shape index (κ1) is 13.3. The van der Waals surface area contributed by atoms with Crippen LogP contribution in [0.4, 0.5) is 0 Å². The van der Waals surface area contributed by atoms with Crippen molar-refractivity contribution in [1.82, 2.24) is 5.32 Å². The summed E-state index contributed by atoms with van der Waals surface area (Å²) in [7, 11) is 0. The van der Waals surface area contributed by atoms with E-state index in [1.807, 2.05) is 0 Å². The smallest absolute Gasteiger partial charge is 0.317 e. The molecule has 0 radical (unpaired) electrons. The minimum absolute atomic E-state index is 0.470. The van der Waals surface area contributed by atoms with E-state index in [9.17, 15) is 20.1 Å².